The van der Waals surface area contributed by atoms with Crippen molar-refractivity contribution in [3.8, 4) is 0 Å². The molecule has 0 saturated heterocycles. The number of rotatable bonds is 1. The molecule has 4 nitrogen and oxygen atoms in total. The third-order valence-electron chi connectivity index (χ3n) is 3.44. The van der Waals surface area contributed by atoms with Crippen molar-refractivity contribution in [2.24, 2.45) is 0 Å². The Hall–Kier alpha value is -2.36. The molecular weight excluding hydrogens is 224 g/mol. The number of allylic oxidation sites excluding steroid dienone is 6. The lowest BCUT2D eigenvalue weighted by Gasteiger charge is -2.29. The van der Waals surface area contributed by atoms with E-state index in [1.54, 1.807) is 0 Å². The van der Waals surface area contributed by atoms with Crippen molar-refractivity contribution in [3.05, 3.63) is 72.7 Å². The van der Waals surface area contributed by atoms with Gasteiger partial charge in [-0.1, -0.05) is 12.2 Å². The lowest BCUT2D eigenvalue weighted by molar-refractivity contribution is 0.0510. The van der Waals surface area contributed by atoms with Crippen LogP contribution in [-0.4, -0.2) is 33.2 Å². The van der Waals surface area contributed by atoms with Crippen LogP contribution in [0.5, 0.6) is 0 Å². The van der Waals surface area contributed by atoms with Gasteiger partial charge in [0.25, 0.3) is 0 Å². The summed E-state index contributed by atoms with van der Waals surface area (Å²) < 4.78 is 0. The molecule has 0 bridgehead atoms. The highest BCUT2D eigenvalue weighted by Crippen LogP contribution is 2.27. The van der Waals surface area contributed by atoms with E-state index in [-0.39, 0.29) is 0 Å². The largest absolute Gasteiger partial charge is 0.327 e. The van der Waals surface area contributed by atoms with Gasteiger partial charge in [-0.05, 0) is 24.3 Å². The summed E-state index contributed by atoms with van der Waals surface area (Å²) in [6.45, 7) is 1.75. The Bertz CT molecular complexity index is 500. The van der Waals surface area contributed by atoms with Crippen LogP contribution in [0.15, 0.2) is 72.7 Å². The van der Waals surface area contributed by atoms with Gasteiger partial charge in [-0.15, -0.1) is 0 Å². The Morgan fingerprint density at radius 3 is 1.61 bits per heavy atom. The maximum Gasteiger partial charge on any atom is 0.114 e. The van der Waals surface area contributed by atoms with Crippen LogP contribution in [0.3, 0.4) is 0 Å². The van der Waals surface area contributed by atoms with Crippen molar-refractivity contribution < 1.29 is 0 Å². The van der Waals surface area contributed by atoms with Crippen molar-refractivity contribution in [2.75, 3.05) is 13.3 Å². The molecule has 0 saturated carbocycles. The van der Waals surface area contributed by atoms with Crippen molar-refractivity contribution in [2.45, 2.75) is 0 Å². The van der Waals surface area contributed by atoms with Gasteiger partial charge >= 0.3 is 0 Å². The van der Waals surface area contributed by atoms with Crippen LogP contribution in [0.1, 0.15) is 0 Å². The van der Waals surface area contributed by atoms with E-state index in [0.29, 0.717) is 0 Å². The van der Waals surface area contributed by atoms with E-state index in [1.165, 1.54) is 11.4 Å². The van der Waals surface area contributed by atoms with E-state index >= 15 is 0 Å². The maximum absolute atomic E-state index is 2.24. The van der Waals surface area contributed by atoms with E-state index in [2.05, 4.69) is 81.1 Å². The molecular formula is C14H14N4. The molecule has 0 aromatic rings. The van der Waals surface area contributed by atoms with Gasteiger partial charge in [-0.25, -0.2) is 0 Å². The van der Waals surface area contributed by atoms with Crippen LogP contribution < -0.4 is 0 Å². The predicted octanol–water partition coefficient (Wildman–Crippen LogP) is 1.90. The third-order valence-corrected chi connectivity index (χ3v) is 3.44. The molecule has 4 heterocycles. The highest BCUT2D eigenvalue weighted by molar-refractivity contribution is 5.32. The summed E-state index contributed by atoms with van der Waals surface area (Å²) in [5, 5.41) is 4.48. The second-order valence-corrected chi connectivity index (χ2v) is 4.61. The molecule has 0 N–H and O–H groups in total. The van der Waals surface area contributed by atoms with Crippen LogP contribution in [0.4, 0.5) is 0 Å². The Balaban J connectivity index is 1.57. The molecule has 4 aliphatic rings. The van der Waals surface area contributed by atoms with Gasteiger partial charge in [0.2, 0.25) is 0 Å². The Labute approximate surface area is 106 Å². The Morgan fingerprint density at radius 1 is 0.667 bits per heavy atom. The first kappa shape index (κ1) is 9.65. The maximum atomic E-state index is 2.24. The van der Waals surface area contributed by atoms with Crippen LogP contribution in [0.2, 0.25) is 0 Å². The van der Waals surface area contributed by atoms with Crippen LogP contribution in [0.25, 0.3) is 0 Å². The molecule has 0 aromatic heterocycles. The SMILES string of the molecule is C1=CC2=CN(N3C=C4C=CC=CN4C3)CN2C=C1. The lowest BCUT2D eigenvalue weighted by atomic mass is 10.3. The van der Waals surface area contributed by atoms with E-state index in [0.717, 1.165) is 13.3 Å². The van der Waals surface area contributed by atoms with Crippen molar-refractivity contribution in [1.82, 2.24) is 19.8 Å². The monoisotopic (exact) mass is 238 g/mol. The minimum Gasteiger partial charge on any atom is -0.327 e. The quantitative estimate of drug-likeness (QED) is 0.691. The number of nitrogens with zero attached hydrogens (tertiary/aromatic N) is 4. The normalized spacial score (nSPS) is 23.6. The number of hydrogen-bond donors (Lipinski definition) is 0. The standard InChI is InChI=1S/C14H14N4/c1-3-7-15-11-17(9-13(15)5-1)18-10-14-6-2-4-8-16(14)12-18/h1-10H,11-12H2. The molecule has 0 aliphatic carbocycles. The molecule has 0 fully saturated rings. The first-order chi connectivity index (χ1) is 8.90. The molecule has 90 valence electrons. The van der Waals surface area contributed by atoms with Crippen LogP contribution in [-0.2, 0) is 0 Å². The molecule has 0 spiro atoms. The zero-order chi connectivity index (χ0) is 11.9. The minimum atomic E-state index is 0.876. The van der Waals surface area contributed by atoms with Crippen molar-refractivity contribution >= 4 is 0 Å². The smallest absolute Gasteiger partial charge is 0.114 e. The zero-order valence-electron chi connectivity index (χ0n) is 9.98. The summed E-state index contributed by atoms with van der Waals surface area (Å²) in [5.41, 5.74) is 2.48. The van der Waals surface area contributed by atoms with Crippen molar-refractivity contribution in [3.63, 3.8) is 0 Å². The van der Waals surface area contributed by atoms with Gasteiger partial charge in [0.05, 0.1) is 11.4 Å². The summed E-state index contributed by atoms with van der Waals surface area (Å²) in [6, 6.07) is 0. The topological polar surface area (TPSA) is 13.0 Å². The van der Waals surface area contributed by atoms with E-state index < -0.39 is 0 Å². The van der Waals surface area contributed by atoms with Gasteiger partial charge in [0, 0.05) is 24.8 Å². The van der Waals surface area contributed by atoms with Crippen molar-refractivity contribution in [1.29, 1.82) is 0 Å². The predicted molar refractivity (Wildman–Crippen MR) is 69.8 cm³/mol. The average Bonchev–Trinajstić information content (AvgIpc) is 3.02. The molecule has 18 heavy (non-hydrogen) atoms. The van der Waals surface area contributed by atoms with Crippen LogP contribution >= 0.6 is 0 Å². The molecule has 4 aliphatic heterocycles. The molecule has 0 aromatic carbocycles. The first-order valence-electron chi connectivity index (χ1n) is 6.10. The van der Waals surface area contributed by atoms with E-state index in [1.807, 2.05) is 0 Å². The van der Waals surface area contributed by atoms with E-state index in [9.17, 15) is 0 Å². The van der Waals surface area contributed by atoms with Crippen LogP contribution in [0, 0.1) is 0 Å². The summed E-state index contributed by atoms with van der Waals surface area (Å²) in [6.07, 6.45) is 21.1. The first-order valence-corrected chi connectivity index (χ1v) is 6.10. The molecule has 0 atom stereocenters. The highest BCUT2D eigenvalue weighted by atomic mass is 15.7. The summed E-state index contributed by atoms with van der Waals surface area (Å²) in [5.74, 6) is 0. The van der Waals surface area contributed by atoms with Gasteiger partial charge < -0.3 is 9.80 Å². The molecule has 0 radical (unpaired) electrons. The molecule has 0 amide bonds. The van der Waals surface area contributed by atoms with Gasteiger partial charge in [-0.3, -0.25) is 10.0 Å². The lowest BCUT2D eigenvalue weighted by Crippen LogP contribution is -2.37. The van der Waals surface area contributed by atoms with Gasteiger partial charge in [0.15, 0.2) is 0 Å². The summed E-state index contributed by atoms with van der Waals surface area (Å²) in [7, 11) is 0. The fourth-order valence-corrected chi connectivity index (χ4v) is 2.48. The molecule has 4 rings (SSSR count). The Kier molecular flexibility index (Phi) is 1.91. The summed E-state index contributed by atoms with van der Waals surface area (Å²) >= 11 is 0. The van der Waals surface area contributed by atoms with E-state index in [4.69, 9.17) is 0 Å². The average molecular weight is 238 g/mol. The molecule has 4 heteroatoms. The summed E-state index contributed by atoms with van der Waals surface area (Å²) in [4.78, 5) is 4.48. The second-order valence-electron chi connectivity index (χ2n) is 4.61. The Morgan fingerprint density at radius 2 is 1.17 bits per heavy atom. The fourth-order valence-electron chi connectivity index (χ4n) is 2.48. The zero-order valence-corrected chi connectivity index (χ0v) is 9.98. The van der Waals surface area contributed by atoms with Gasteiger partial charge in [0.1, 0.15) is 13.3 Å². The molecule has 0 unspecified atom stereocenters. The number of hydrogen-bond acceptors (Lipinski definition) is 4. The fraction of sp³-hybridized carbons (Fsp3) is 0.143. The van der Waals surface area contributed by atoms with Gasteiger partial charge in [-0.2, -0.15) is 0 Å². The number of fused-ring (bicyclic) bond motifs is 2. The number of hydrazine groups is 1. The second kappa shape index (κ2) is 3.57. The third kappa shape index (κ3) is 1.39. The highest BCUT2D eigenvalue weighted by Gasteiger charge is 2.27. The minimum absolute atomic E-state index is 0.876.